The second kappa shape index (κ2) is 10.2. The third kappa shape index (κ3) is 5.30. The molecule has 0 amide bonds. The first-order valence-corrected chi connectivity index (χ1v) is 12.2. The average Bonchev–Trinajstić information content (AvgIpc) is 3.68. The van der Waals surface area contributed by atoms with Crippen LogP contribution in [0.4, 0.5) is 5.82 Å². The van der Waals surface area contributed by atoms with Gasteiger partial charge in [-0.1, -0.05) is 42.1 Å². The van der Waals surface area contributed by atoms with Gasteiger partial charge in [-0.25, -0.2) is 4.98 Å². The number of anilines is 1. The number of aromatic nitrogens is 1. The van der Waals surface area contributed by atoms with Gasteiger partial charge in [0.05, 0.1) is 17.7 Å². The molecule has 2 unspecified atom stereocenters. The number of carboxylic acid groups (broad SMARTS) is 1. The van der Waals surface area contributed by atoms with E-state index in [1.165, 1.54) is 0 Å². The molecule has 2 N–H and O–H groups in total. The van der Waals surface area contributed by atoms with Crippen LogP contribution in [-0.4, -0.2) is 41.7 Å². The summed E-state index contributed by atoms with van der Waals surface area (Å²) in [7, 11) is 0. The molecule has 1 saturated carbocycles. The molecule has 1 aromatic heterocycles. The lowest BCUT2D eigenvalue weighted by atomic mass is 9.98. The van der Waals surface area contributed by atoms with Crippen molar-refractivity contribution in [2.75, 3.05) is 24.5 Å². The van der Waals surface area contributed by atoms with Crippen LogP contribution in [0.3, 0.4) is 0 Å². The van der Waals surface area contributed by atoms with Crippen molar-refractivity contribution in [1.82, 2.24) is 10.3 Å². The Morgan fingerprint density at radius 1 is 1.24 bits per heavy atom. The number of thioether (sulfide) groups is 1. The molecular weight excluding hydrogens is 434 g/mol. The Morgan fingerprint density at radius 2 is 1.97 bits per heavy atom. The minimum Gasteiger partial charge on any atom is -0.480 e. The second-order valence-electron chi connectivity index (χ2n) is 8.63. The molecule has 7 nitrogen and oxygen atoms in total. The number of nitrogens with one attached hydrogen (secondary N) is 1. The van der Waals surface area contributed by atoms with E-state index in [4.69, 9.17) is 10.1 Å². The molecule has 8 heteroatoms. The second-order valence-corrected chi connectivity index (χ2v) is 9.96. The summed E-state index contributed by atoms with van der Waals surface area (Å²) in [6.45, 7) is 3.35. The zero-order valence-electron chi connectivity index (χ0n) is 18.6. The maximum Gasteiger partial charge on any atom is 0.317 e. The van der Waals surface area contributed by atoms with E-state index < -0.39 is 5.97 Å². The van der Waals surface area contributed by atoms with Crippen molar-refractivity contribution in [3.05, 3.63) is 52.6 Å². The Kier molecular flexibility index (Phi) is 7.17. The van der Waals surface area contributed by atoms with Crippen molar-refractivity contribution >= 4 is 23.5 Å². The zero-order chi connectivity index (χ0) is 23.4. The molecule has 2 aliphatic rings. The highest BCUT2D eigenvalue weighted by Gasteiger charge is 2.35. The fourth-order valence-electron chi connectivity index (χ4n) is 4.41. The quantitative estimate of drug-likeness (QED) is 0.563. The average molecular weight is 462 g/mol. The first-order chi connectivity index (χ1) is 16.0. The number of nitriles is 2. The van der Waals surface area contributed by atoms with Crippen LogP contribution >= 0.6 is 11.8 Å². The van der Waals surface area contributed by atoms with Gasteiger partial charge in [0.15, 0.2) is 0 Å². The molecule has 170 valence electrons. The van der Waals surface area contributed by atoms with Gasteiger partial charge in [-0.3, -0.25) is 4.79 Å². The van der Waals surface area contributed by atoms with Crippen LogP contribution in [0.5, 0.6) is 0 Å². The van der Waals surface area contributed by atoms with Gasteiger partial charge in [-0.05, 0) is 49.7 Å². The zero-order valence-corrected chi connectivity index (χ0v) is 19.4. The van der Waals surface area contributed by atoms with E-state index in [-0.39, 0.29) is 23.8 Å². The summed E-state index contributed by atoms with van der Waals surface area (Å²) < 4.78 is 0. The molecular formula is C25H27N5O2S. The number of nitrogens with zero attached hydrogens (tertiary/aromatic N) is 4. The van der Waals surface area contributed by atoms with Crippen LogP contribution in [0.2, 0.25) is 0 Å². The summed E-state index contributed by atoms with van der Waals surface area (Å²) in [6.07, 6.45) is 3.72. The van der Waals surface area contributed by atoms with Crippen molar-refractivity contribution in [2.24, 2.45) is 0 Å². The van der Waals surface area contributed by atoms with Crippen LogP contribution in [-0.2, 0) is 4.79 Å². The number of piperidine rings is 1. The maximum absolute atomic E-state index is 11.0. The van der Waals surface area contributed by atoms with E-state index in [1.54, 1.807) is 11.8 Å². The van der Waals surface area contributed by atoms with Crippen molar-refractivity contribution in [3.8, 4) is 12.1 Å². The van der Waals surface area contributed by atoms with E-state index >= 15 is 0 Å². The molecule has 2 atom stereocenters. The number of rotatable bonds is 8. The molecule has 1 saturated heterocycles. The Balaban J connectivity index is 1.71. The summed E-state index contributed by atoms with van der Waals surface area (Å²) >= 11 is 1.56. The van der Waals surface area contributed by atoms with Gasteiger partial charge in [0.25, 0.3) is 0 Å². The summed E-state index contributed by atoms with van der Waals surface area (Å²) in [4.78, 5) is 18.0. The number of hydrogen-bond acceptors (Lipinski definition) is 7. The highest BCUT2D eigenvalue weighted by Crippen LogP contribution is 2.48. The largest absolute Gasteiger partial charge is 0.480 e. The Labute approximate surface area is 198 Å². The van der Waals surface area contributed by atoms with Crippen molar-refractivity contribution in [1.29, 1.82) is 10.5 Å². The Hall–Kier alpha value is -3.07. The van der Waals surface area contributed by atoms with Gasteiger partial charge in [-0.15, -0.1) is 0 Å². The number of benzene rings is 1. The van der Waals surface area contributed by atoms with Gasteiger partial charge in [0, 0.05) is 24.4 Å². The Bertz CT molecular complexity index is 1100. The SMILES string of the molecule is CC(Sc1nc(N2CCCC(NCC(=O)O)C2)c(C#N)c(C2CC2)c1C#N)c1ccccc1. The topological polar surface area (TPSA) is 113 Å². The van der Waals surface area contributed by atoms with Crippen molar-refractivity contribution < 1.29 is 9.90 Å². The molecule has 0 spiro atoms. The first-order valence-electron chi connectivity index (χ1n) is 11.3. The van der Waals surface area contributed by atoms with Crippen LogP contribution in [0.25, 0.3) is 0 Å². The lowest BCUT2D eigenvalue weighted by Gasteiger charge is -2.35. The fourth-order valence-corrected chi connectivity index (χ4v) is 5.45. The highest BCUT2D eigenvalue weighted by atomic mass is 32.2. The molecule has 1 aromatic carbocycles. The summed E-state index contributed by atoms with van der Waals surface area (Å²) in [6, 6.07) is 14.9. The fraction of sp³-hybridized carbons (Fsp3) is 0.440. The van der Waals surface area contributed by atoms with E-state index in [9.17, 15) is 15.3 Å². The first kappa shape index (κ1) is 23.1. The molecule has 33 heavy (non-hydrogen) atoms. The molecule has 0 radical (unpaired) electrons. The highest BCUT2D eigenvalue weighted by molar-refractivity contribution is 7.99. The van der Waals surface area contributed by atoms with Crippen LogP contribution in [0.1, 0.15) is 66.0 Å². The predicted molar refractivity (Wildman–Crippen MR) is 127 cm³/mol. The summed E-state index contributed by atoms with van der Waals surface area (Å²) in [5.41, 5.74) is 3.03. The van der Waals surface area contributed by atoms with Gasteiger partial charge < -0.3 is 15.3 Å². The predicted octanol–water partition coefficient (Wildman–Crippen LogP) is 4.20. The molecule has 1 aliphatic heterocycles. The smallest absolute Gasteiger partial charge is 0.317 e. The Morgan fingerprint density at radius 3 is 2.61 bits per heavy atom. The third-order valence-corrected chi connectivity index (χ3v) is 7.36. The normalized spacial score (nSPS) is 18.9. The van der Waals surface area contributed by atoms with Crippen molar-refractivity contribution in [3.63, 3.8) is 0 Å². The minimum atomic E-state index is -0.883. The molecule has 2 heterocycles. The number of aliphatic carboxylic acids is 1. The lowest BCUT2D eigenvalue weighted by Crippen LogP contribution is -2.47. The lowest BCUT2D eigenvalue weighted by molar-refractivity contribution is -0.136. The number of pyridine rings is 1. The van der Waals surface area contributed by atoms with E-state index in [0.29, 0.717) is 28.5 Å². The standard InChI is InChI=1S/C25H27N5O2S/c1-16(17-6-3-2-4-7-17)33-25-21(13-27)23(18-9-10-18)20(12-26)24(29-25)30-11-5-8-19(15-30)28-14-22(31)32/h2-4,6-7,16,18-19,28H,5,8-11,14-15H2,1H3,(H,31,32). The van der Waals surface area contributed by atoms with Gasteiger partial charge in [0.2, 0.25) is 0 Å². The van der Waals surface area contributed by atoms with Gasteiger partial charge >= 0.3 is 5.97 Å². The molecule has 0 bridgehead atoms. The van der Waals surface area contributed by atoms with Crippen LogP contribution in [0, 0.1) is 22.7 Å². The summed E-state index contributed by atoms with van der Waals surface area (Å²) in [5.74, 6) is -0.0259. The van der Waals surface area contributed by atoms with E-state index in [2.05, 4.69) is 41.4 Å². The van der Waals surface area contributed by atoms with E-state index in [0.717, 1.165) is 43.4 Å². The molecule has 2 fully saturated rings. The van der Waals surface area contributed by atoms with Crippen LogP contribution in [0.15, 0.2) is 35.4 Å². The minimum absolute atomic E-state index is 0.0163. The van der Waals surface area contributed by atoms with Gasteiger partial charge in [-0.2, -0.15) is 10.5 Å². The van der Waals surface area contributed by atoms with Crippen LogP contribution < -0.4 is 10.2 Å². The molecule has 2 aromatic rings. The number of carboxylic acids is 1. The molecule has 1 aliphatic carbocycles. The van der Waals surface area contributed by atoms with E-state index in [1.807, 2.05) is 18.2 Å². The number of hydrogen-bond donors (Lipinski definition) is 2. The monoisotopic (exact) mass is 461 g/mol. The van der Waals surface area contributed by atoms with Gasteiger partial charge in [0.1, 0.15) is 23.0 Å². The third-order valence-electron chi connectivity index (χ3n) is 6.21. The summed E-state index contributed by atoms with van der Waals surface area (Å²) in [5, 5.41) is 33.0. The molecule has 4 rings (SSSR count). The maximum atomic E-state index is 11.0. The van der Waals surface area contributed by atoms with Crippen molar-refractivity contribution in [2.45, 2.75) is 54.8 Å². The number of carbonyl (C=O) groups is 1.